The number of morpholine rings is 2. The third kappa shape index (κ3) is 4.96. The van der Waals surface area contributed by atoms with Crippen LogP contribution in [0.5, 0.6) is 0 Å². The maximum Gasteiger partial charge on any atom is 0.225 e. The number of rotatable bonds is 4. The summed E-state index contributed by atoms with van der Waals surface area (Å²) < 4.78 is 11.3. The Balaban J connectivity index is 1.25. The Bertz CT molecular complexity index is 575. The first-order valence-corrected chi connectivity index (χ1v) is 10.4. The van der Waals surface area contributed by atoms with Crippen molar-refractivity contribution in [1.29, 1.82) is 0 Å². The largest absolute Gasteiger partial charge is 0.378 e. The molecule has 0 spiro atoms. The number of anilines is 1. The lowest BCUT2D eigenvalue weighted by Crippen LogP contribution is -2.53. The molecule has 4 rings (SSSR count). The highest BCUT2D eigenvalue weighted by Crippen LogP contribution is 2.22. The summed E-state index contributed by atoms with van der Waals surface area (Å²) in [4.78, 5) is 16.6. The minimum atomic E-state index is 0.355. The first-order valence-electron chi connectivity index (χ1n) is 10.4. The molecule has 4 heterocycles. The van der Waals surface area contributed by atoms with Gasteiger partial charge in [0.05, 0.1) is 25.4 Å². The van der Waals surface area contributed by atoms with Crippen molar-refractivity contribution in [3.8, 4) is 0 Å². The van der Waals surface area contributed by atoms with Gasteiger partial charge >= 0.3 is 0 Å². The van der Waals surface area contributed by atoms with Crippen molar-refractivity contribution < 1.29 is 9.47 Å². The number of piperidine rings is 1. The SMILES string of the molecule is CC1CN(C2CCN(Cc3cnc(N4CCOCC4)nc3)CC2)CC(C)O1. The Morgan fingerprint density at radius 1 is 0.963 bits per heavy atom. The molecule has 2 atom stereocenters. The van der Waals surface area contributed by atoms with Crippen LogP contribution in [0.25, 0.3) is 0 Å². The first-order chi connectivity index (χ1) is 13.2. The smallest absolute Gasteiger partial charge is 0.225 e. The van der Waals surface area contributed by atoms with Gasteiger partial charge in [-0.15, -0.1) is 0 Å². The molecule has 0 bridgehead atoms. The molecule has 2 unspecified atom stereocenters. The lowest BCUT2D eigenvalue weighted by atomic mass is 10.0. The molecule has 27 heavy (non-hydrogen) atoms. The van der Waals surface area contributed by atoms with Gasteiger partial charge in [0.2, 0.25) is 5.95 Å². The van der Waals surface area contributed by atoms with Crippen LogP contribution >= 0.6 is 0 Å². The highest BCUT2D eigenvalue weighted by Gasteiger charge is 2.30. The maximum absolute atomic E-state index is 5.88. The van der Waals surface area contributed by atoms with E-state index in [0.29, 0.717) is 18.2 Å². The fourth-order valence-electron chi connectivity index (χ4n) is 4.57. The molecule has 3 saturated heterocycles. The molecule has 0 N–H and O–H groups in total. The Morgan fingerprint density at radius 3 is 2.22 bits per heavy atom. The second-order valence-corrected chi connectivity index (χ2v) is 8.21. The van der Waals surface area contributed by atoms with Crippen molar-refractivity contribution in [3.63, 3.8) is 0 Å². The number of nitrogens with zero attached hydrogens (tertiary/aromatic N) is 5. The molecular formula is C20H33N5O2. The average Bonchev–Trinajstić information content (AvgIpc) is 2.69. The van der Waals surface area contributed by atoms with Crippen molar-refractivity contribution in [3.05, 3.63) is 18.0 Å². The quantitative estimate of drug-likeness (QED) is 0.788. The predicted octanol–water partition coefficient (Wildman–Crippen LogP) is 1.39. The van der Waals surface area contributed by atoms with Gasteiger partial charge in [-0.2, -0.15) is 0 Å². The Kier molecular flexibility index (Phi) is 6.22. The van der Waals surface area contributed by atoms with Crippen LogP contribution in [-0.2, 0) is 16.0 Å². The highest BCUT2D eigenvalue weighted by atomic mass is 16.5. The van der Waals surface area contributed by atoms with Gasteiger partial charge in [0.25, 0.3) is 0 Å². The molecule has 0 aromatic carbocycles. The highest BCUT2D eigenvalue weighted by molar-refractivity contribution is 5.30. The van der Waals surface area contributed by atoms with Gasteiger partial charge in [0.1, 0.15) is 0 Å². The van der Waals surface area contributed by atoms with E-state index >= 15 is 0 Å². The first kappa shape index (κ1) is 19.1. The van der Waals surface area contributed by atoms with E-state index in [0.717, 1.165) is 65.0 Å². The molecule has 0 amide bonds. The van der Waals surface area contributed by atoms with Gasteiger partial charge in [0.15, 0.2) is 0 Å². The summed E-state index contributed by atoms with van der Waals surface area (Å²) >= 11 is 0. The molecule has 3 aliphatic heterocycles. The summed E-state index contributed by atoms with van der Waals surface area (Å²) in [5, 5.41) is 0. The van der Waals surface area contributed by atoms with Gasteiger partial charge in [-0.1, -0.05) is 0 Å². The zero-order valence-corrected chi connectivity index (χ0v) is 16.7. The fraction of sp³-hybridized carbons (Fsp3) is 0.800. The molecule has 3 fully saturated rings. The van der Waals surface area contributed by atoms with Crippen LogP contribution in [0.3, 0.4) is 0 Å². The number of hydrogen-bond acceptors (Lipinski definition) is 7. The third-order valence-corrected chi connectivity index (χ3v) is 5.91. The fourth-order valence-corrected chi connectivity index (χ4v) is 4.57. The standard InChI is InChI=1S/C20H33N5O2/c1-16-13-25(14-17(2)27-16)19-3-5-23(6-4-19)15-18-11-21-20(22-12-18)24-7-9-26-10-8-24/h11-12,16-17,19H,3-10,13-15H2,1-2H3. The van der Waals surface area contributed by atoms with E-state index in [1.165, 1.54) is 18.4 Å². The van der Waals surface area contributed by atoms with Crippen LogP contribution in [0.15, 0.2) is 12.4 Å². The number of ether oxygens (including phenoxy) is 2. The maximum atomic E-state index is 5.88. The van der Waals surface area contributed by atoms with Gasteiger partial charge in [-0.05, 0) is 39.8 Å². The Hall–Kier alpha value is -1.28. The zero-order valence-electron chi connectivity index (χ0n) is 16.7. The number of aromatic nitrogens is 2. The van der Waals surface area contributed by atoms with Crippen LogP contribution in [0.2, 0.25) is 0 Å². The molecule has 0 aliphatic carbocycles. The summed E-state index contributed by atoms with van der Waals surface area (Å²) in [6.45, 7) is 13.1. The van der Waals surface area contributed by atoms with E-state index in [-0.39, 0.29) is 0 Å². The van der Waals surface area contributed by atoms with Gasteiger partial charge in [-0.25, -0.2) is 9.97 Å². The minimum absolute atomic E-state index is 0.355. The molecule has 7 nitrogen and oxygen atoms in total. The van der Waals surface area contributed by atoms with Crippen molar-refractivity contribution in [2.24, 2.45) is 0 Å². The van der Waals surface area contributed by atoms with E-state index in [1.54, 1.807) is 0 Å². The molecule has 7 heteroatoms. The van der Waals surface area contributed by atoms with Crippen molar-refractivity contribution in [1.82, 2.24) is 19.8 Å². The molecule has 3 aliphatic rings. The monoisotopic (exact) mass is 375 g/mol. The second kappa shape index (κ2) is 8.82. The van der Waals surface area contributed by atoms with E-state index in [9.17, 15) is 0 Å². The van der Waals surface area contributed by atoms with Gasteiger partial charge < -0.3 is 14.4 Å². The van der Waals surface area contributed by atoms with E-state index < -0.39 is 0 Å². The Labute approximate surface area is 162 Å². The molecule has 1 aromatic rings. The van der Waals surface area contributed by atoms with Gasteiger partial charge in [0, 0.05) is 56.7 Å². The summed E-state index contributed by atoms with van der Waals surface area (Å²) in [6, 6.07) is 0.704. The summed E-state index contributed by atoms with van der Waals surface area (Å²) in [5.74, 6) is 0.830. The molecular weight excluding hydrogens is 342 g/mol. The van der Waals surface area contributed by atoms with Crippen LogP contribution in [-0.4, -0.2) is 90.5 Å². The average molecular weight is 376 g/mol. The Morgan fingerprint density at radius 2 is 1.59 bits per heavy atom. The van der Waals surface area contributed by atoms with Crippen LogP contribution in [0.4, 0.5) is 5.95 Å². The molecule has 150 valence electrons. The van der Waals surface area contributed by atoms with Crippen molar-refractivity contribution in [2.45, 2.75) is 51.5 Å². The summed E-state index contributed by atoms with van der Waals surface area (Å²) in [5.41, 5.74) is 1.21. The summed E-state index contributed by atoms with van der Waals surface area (Å²) in [6.07, 6.45) is 7.19. The molecule has 1 aromatic heterocycles. The normalized spacial score (nSPS) is 29.2. The van der Waals surface area contributed by atoms with Gasteiger partial charge in [-0.3, -0.25) is 9.80 Å². The number of likely N-dealkylation sites (tertiary alicyclic amines) is 1. The topological polar surface area (TPSA) is 54.0 Å². The lowest BCUT2D eigenvalue weighted by molar-refractivity contribution is -0.0865. The third-order valence-electron chi connectivity index (χ3n) is 5.91. The van der Waals surface area contributed by atoms with Crippen molar-refractivity contribution in [2.75, 3.05) is 57.4 Å². The van der Waals surface area contributed by atoms with Crippen molar-refractivity contribution >= 4 is 5.95 Å². The van der Waals surface area contributed by atoms with Crippen LogP contribution in [0, 0.1) is 0 Å². The summed E-state index contributed by atoms with van der Waals surface area (Å²) in [7, 11) is 0. The number of hydrogen-bond donors (Lipinski definition) is 0. The second-order valence-electron chi connectivity index (χ2n) is 8.21. The molecule has 0 radical (unpaired) electrons. The van der Waals surface area contributed by atoms with Crippen LogP contribution in [0.1, 0.15) is 32.3 Å². The van der Waals surface area contributed by atoms with E-state index in [1.807, 2.05) is 12.4 Å². The van der Waals surface area contributed by atoms with E-state index in [2.05, 4.69) is 38.5 Å². The molecule has 0 saturated carbocycles. The predicted molar refractivity (Wildman–Crippen MR) is 105 cm³/mol. The zero-order chi connectivity index (χ0) is 18.6. The van der Waals surface area contributed by atoms with Crippen LogP contribution < -0.4 is 4.90 Å². The lowest BCUT2D eigenvalue weighted by Gasteiger charge is -2.43. The minimum Gasteiger partial charge on any atom is -0.378 e. The van der Waals surface area contributed by atoms with E-state index in [4.69, 9.17) is 9.47 Å².